The van der Waals surface area contributed by atoms with Crippen LogP contribution in [0.5, 0.6) is 0 Å². The first-order valence-electron chi connectivity index (χ1n) is 15.0. The lowest BCUT2D eigenvalue weighted by atomic mass is 9.73. The molecule has 8 nitrogen and oxygen atoms in total. The molecule has 8 atom stereocenters. The van der Waals surface area contributed by atoms with Crippen molar-refractivity contribution in [3.63, 3.8) is 0 Å². The van der Waals surface area contributed by atoms with Gasteiger partial charge in [-0.1, -0.05) is 64.4 Å². The van der Waals surface area contributed by atoms with E-state index in [0.29, 0.717) is 12.8 Å². The van der Waals surface area contributed by atoms with E-state index in [1.54, 1.807) is 20.8 Å². The summed E-state index contributed by atoms with van der Waals surface area (Å²) in [5, 5.41) is 35.1. The molecule has 1 unspecified atom stereocenters. The Kier molecular flexibility index (Phi) is 10.8. The monoisotopic (exact) mass is 599 g/mol. The summed E-state index contributed by atoms with van der Waals surface area (Å²) in [4.78, 5) is 31.0. The van der Waals surface area contributed by atoms with E-state index >= 15 is 0 Å². The van der Waals surface area contributed by atoms with Gasteiger partial charge in [0.25, 0.3) is 0 Å². The molecule has 0 radical (unpaired) electrons. The molecule has 0 amide bonds. The number of aliphatic hydroxyl groups is 3. The van der Waals surface area contributed by atoms with Crippen LogP contribution in [0.3, 0.4) is 0 Å². The summed E-state index contributed by atoms with van der Waals surface area (Å²) in [5.74, 6) is -1.63. The first-order valence-corrected chi connectivity index (χ1v) is 15.9. The molecular formula is C33H45NO7S. The van der Waals surface area contributed by atoms with Crippen molar-refractivity contribution >= 4 is 29.2 Å². The molecule has 0 saturated carbocycles. The number of aromatic nitrogens is 1. The summed E-state index contributed by atoms with van der Waals surface area (Å²) in [6.45, 7) is 8.75. The van der Waals surface area contributed by atoms with Gasteiger partial charge in [0.15, 0.2) is 0 Å². The lowest BCUT2D eigenvalue weighted by molar-refractivity contribution is -0.154. The standard InChI is InChI=1S/C33H45NO7S/c1-19-10-9-13-25-27(40-25)16-26(41-30(37)17-28(36)33(4,5)32(39)21(3)31(19)38)20(2)14-23-18-42-29(34-23)15-24(35)22-11-7-6-8-12-22/h6-8,11-12,14,18-19,21,24-28,31,35-36,38H,9-10,13,15-17H2,1-5H3/b20-14+/t19-,21+,24?,25+,26-,27-,28-,31-/m0/s1. The number of rotatable bonds is 5. The molecule has 2 aliphatic heterocycles. The summed E-state index contributed by atoms with van der Waals surface area (Å²) in [6, 6.07) is 9.48. The Balaban J connectivity index is 1.49. The molecule has 0 spiro atoms. The number of benzene rings is 1. The predicted octanol–water partition coefficient (Wildman–Crippen LogP) is 5.06. The van der Waals surface area contributed by atoms with Crippen molar-refractivity contribution < 1.29 is 34.4 Å². The highest BCUT2D eigenvalue weighted by atomic mass is 32.1. The SMILES string of the molecule is C/C(=C\c1csc(CC(O)c2ccccc2)n1)[C@@H]1C[C@@H]2O[C@@H]2CCC[C@H](C)[C@H](O)[C@@H](C)C(=O)C(C)(C)[C@@H](O)CC(=O)O1. The van der Waals surface area contributed by atoms with Crippen LogP contribution >= 0.6 is 11.3 Å². The third-order valence-corrected chi connectivity index (χ3v) is 9.79. The van der Waals surface area contributed by atoms with Crippen LogP contribution in [0.1, 0.15) is 89.1 Å². The van der Waals surface area contributed by atoms with Gasteiger partial charge >= 0.3 is 5.97 Å². The summed E-state index contributed by atoms with van der Waals surface area (Å²) in [6.07, 6.45) is 1.57. The van der Waals surface area contributed by atoms with Gasteiger partial charge in [-0.15, -0.1) is 11.3 Å². The van der Waals surface area contributed by atoms with Crippen molar-refractivity contribution in [1.82, 2.24) is 4.98 Å². The molecule has 0 bridgehead atoms. The van der Waals surface area contributed by atoms with Crippen molar-refractivity contribution in [3.05, 3.63) is 57.6 Å². The van der Waals surface area contributed by atoms with Gasteiger partial charge in [-0.3, -0.25) is 9.59 Å². The largest absolute Gasteiger partial charge is 0.458 e. The zero-order valence-corrected chi connectivity index (χ0v) is 26.0. The van der Waals surface area contributed by atoms with Gasteiger partial charge in [-0.25, -0.2) is 4.98 Å². The number of carbonyl (C=O) groups is 2. The van der Waals surface area contributed by atoms with Gasteiger partial charge in [0, 0.05) is 24.1 Å². The molecule has 2 aromatic rings. The topological polar surface area (TPSA) is 129 Å². The summed E-state index contributed by atoms with van der Waals surface area (Å²) >= 11 is 1.47. The van der Waals surface area contributed by atoms with Crippen molar-refractivity contribution in [2.75, 3.05) is 0 Å². The van der Waals surface area contributed by atoms with Crippen LogP contribution in [0.25, 0.3) is 6.08 Å². The molecule has 2 saturated heterocycles. The van der Waals surface area contributed by atoms with Crippen LogP contribution in [0.2, 0.25) is 0 Å². The number of hydrogen-bond donors (Lipinski definition) is 3. The number of fused-ring (bicyclic) bond motifs is 1. The summed E-state index contributed by atoms with van der Waals surface area (Å²) in [5.41, 5.74) is 1.12. The molecule has 230 valence electrons. The lowest BCUT2D eigenvalue weighted by Gasteiger charge is -2.34. The summed E-state index contributed by atoms with van der Waals surface area (Å²) < 4.78 is 11.8. The fourth-order valence-electron chi connectivity index (χ4n) is 5.78. The molecule has 3 N–H and O–H groups in total. The molecule has 2 fully saturated rings. The highest BCUT2D eigenvalue weighted by Gasteiger charge is 2.44. The minimum Gasteiger partial charge on any atom is -0.458 e. The second-order valence-electron chi connectivity index (χ2n) is 12.6. The Labute approximate surface area is 252 Å². The van der Waals surface area contributed by atoms with Gasteiger partial charge in [-0.2, -0.15) is 0 Å². The molecule has 1 aromatic heterocycles. The maximum absolute atomic E-state index is 13.3. The van der Waals surface area contributed by atoms with Gasteiger partial charge in [0.2, 0.25) is 0 Å². The molecule has 2 aliphatic rings. The zero-order valence-electron chi connectivity index (χ0n) is 25.2. The second-order valence-corrected chi connectivity index (χ2v) is 13.5. The molecule has 0 aliphatic carbocycles. The quantitative estimate of drug-likeness (QED) is 0.322. The number of cyclic esters (lactones) is 1. The van der Waals surface area contributed by atoms with Crippen molar-refractivity contribution in [1.29, 1.82) is 0 Å². The van der Waals surface area contributed by atoms with Gasteiger partial charge in [0.05, 0.1) is 53.1 Å². The van der Waals surface area contributed by atoms with Crippen LogP contribution in [0.4, 0.5) is 0 Å². The van der Waals surface area contributed by atoms with E-state index in [4.69, 9.17) is 9.47 Å². The molecule has 3 heterocycles. The van der Waals surface area contributed by atoms with Crippen molar-refractivity contribution in [2.24, 2.45) is 17.3 Å². The van der Waals surface area contributed by atoms with E-state index in [1.165, 1.54) is 11.3 Å². The first-order chi connectivity index (χ1) is 19.9. The van der Waals surface area contributed by atoms with E-state index in [2.05, 4.69) is 4.98 Å². The summed E-state index contributed by atoms with van der Waals surface area (Å²) in [7, 11) is 0. The van der Waals surface area contributed by atoms with Crippen LogP contribution in [-0.4, -0.2) is 62.6 Å². The second kappa shape index (κ2) is 13.9. The van der Waals surface area contributed by atoms with Gasteiger partial charge < -0.3 is 24.8 Å². The smallest absolute Gasteiger partial charge is 0.309 e. The lowest BCUT2D eigenvalue weighted by Crippen LogP contribution is -2.45. The minimum atomic E-state index is -1.26. The number of esters is 1. The van der Waals surface area contributed by atoms with E-state index in [1.807, 2.05) is 55.6 Å². The number of ether oxygens (including phenoxy) is 2. The Morgan fingerprint density at radius 3 is 2.57 bits per heavy atom. The fourth-order valence-corrected chi connectivity index (χ4v) is 6.57. The van der Waals surface area contributed by atoms with Gasteiger partial charge in [0.1, 0.15) is 11.9 Å². The van der Waals surface area contributed by atoms with E-state index in [-0.39, 0.29) is 30.3 Å². The highest BCUT2D eigenvalue weighted by molar-refractivity contribution is 7.09. The number of nitrogens with zero attached hydrogens (tertiary/aromatic N) is 1. The van der Waals surface area contributed by atoms with E-state index < -0.39 is 41.7 Å². The third-order valence-electron chi connectivity index (χ3n) is 8.90. The maximum Gasteiger partial charge on any atom is 0.309 e. The number of aliphatic hydroxyl groups excluding tert-OH is 3. The van der Waals surface area contributed by atoms with E-state index in [0.717, 1.165) is 41.1 Å². The molecule has 9 heteroatoms. The Hall–Kier alpha value is -2.43. The van der Waals surface area contributed by atoms with Crippen LogP contribution in [0, 0.1) is 17.3 Å². The van der Waals surface area contributed by atoms with Crippen molar-refractivity contribution in [2.45, 2.75) is 110 Å². The molecule has 4 rings (SSSR count). The van der Waals surface area contributed by atoms with Crippen molar-refractivity contribution in [3.8, 4) is 0 Å². The Morgan fingerprint density at radius 2 is 1.86 bits per heavy atom. The first kappa shape index (κ1) is 32.5. The van der Waals surface area contributed by atoms with Crippen LogP contribution < -0.4 is 0 Å². The van der Waals surface area contributed by atoms with Crippen LogP contribution in [-0.2, 0) is 25.5 Å². The number of thiazole rings is 1. The number of carbonyl (C=O) groups excluding carboxylic acids is 2. The highest BCUT2D eigenvalue weighted by Crippen LogP contribution is 2.36. The van der Waals surface area contributed by atoms with Gasteiger partial charge in [-0.05, 0) is 42.9 Å². The average Bonchev–Trinajstić information content (AvgIpc) is 3.55. The predicted molar refractivity (Wildman–Crippen MR) is 162 cm³/mol. The molecule has 42 heavy (non-hydrogen) atoms. The van der Waals surface area contributed by atoms with E-state index in [9.17, 15) is 24.9 Å². The number of Topliss-reactive ketones (excluding diaryl/α,β-unsaturated/α-hetero) is 1. The molecular weight excluding hydrogens is 554 g/mol. The number of epoxide rings is 1. The number of ketones is 1. The number of hydrogen-bond acceptors (Lipinski definition) is 9. The Bertz CT molecular complexity index is 1240. The minimum absolute atomic E-state index is 0.0480. The van der Waals surface area contributed by atoms with Crippen LogP contribution in [0.15, 0.2) is 41.3 Å². The normalized spacial score (nSPS) is 32.1. The fraction of sp³-hybridized carbons (Fsp3) is 0.606. The maximum atomic E-state index is 13.3. The average molecular weight is 600 g/mol. The Morgan fingerprint density at radius 1 is 1.14 bits per heavy atom. The molecule has 1 aromatic carbocycles. The zero-order chi connectivity index (χ0) is 30.6. The third kappa shape index (κ3) is 8.14.